The van der Waals surface area contributed by atoms with E-state index in [0.29, 0.717) is 37.0 Å². The van der Waals surface area contributed by atoms with Crippen LogP contribution in [0.4, 0.5) is 4.79 Å². The van der Waals surface area contributed by atoms with E-state index in [4.69, 9.17) is 4.74 Å². The van der Waals surface area contributed by atoms with Gasteiger partial charge in [-0.05, 0) is 64.7 Å². The Hall–Kier alpha value is -3.49. The number of aromatic amines is 1. The maximum Gasteiger partial charge on any atom is 0.410 e. The number of fused-ring (bicyclic) bond motifs is 3. The second kappa shape index (κ2) is 8.28. The molecule has 1 amide bonds. The van der Waals surface area contributed by atoms with Crippen LogP contribution in [-0.4, -0.2) is 58.1 Å². The van der Waals surface area contributed by atoms with E-state index in [2.05, 4.69) is 25.7 Å². The van der Waals surface area contributed by atoms with Crippen LogP contribution in [0.1, 0.15) is 52.7 Å². The summed E-state index contributed by atoms with van der Waals surface area (Å²) in [5.74, 6) is 0. The standard InChI is InChI=1S/C25H28N6O4S/c1-15-11-16(7-10-31(15)23(32)35-24(2,3)4)21-20-18-6-5-17(12-19(18)29-22(20)28-14-27-21)36(33,34)30-25(13-26)8-9-25/h5-7,12,14-15,30H,8-11H2,1-4H3,(H,27,28,29)/t15-/m0/s1. The van der Waals surface area contributed by atoms with Gasteiger partial charge in [-0.3, -0.25) is 0 Å². The Labute approximate surface area is 209 Å². The number of nitrogens with zero attached hydrogens (tertiary/aromatic N) is 4. The second-order valence-corrected chi connectivity index (χ2v) is 12.2. The number of sulfonamides is 1. The zero-order valence-electron chi connectivity index (χ0n) is 20.6. The first kappa shape index (κ1) is 24.2. The number of amides is 1. The Morgan fingerprint density at radius 3 is 2.69 bits per heavy atom. The molecule has 10 nitrogen and oxygen atoms in total. The molecule has 0 bridgehead atoms. The molecule has 11 heteroatoms. The number of hydrogen-bond acceptors (Lipinski definition) is 7. The number of nitrogens with one attached hydrogen (secondary N) is 2. The van der Waals surface area contributed by atoms with E-state index in [0.717, 1.165) is 22.0 Å². The van der Waals surface area contributed by atoms with Crippen LogP contribution in [0.15, 0.2) is 35.5 Å². The summed E-state index contributed by atoms with van der Waals surface area (Å²) in [5, 5.41) is 10.9. The van der Waals surface area contributed by atoms with Gasteiger partial charge in [0.2, 0.25) is 10.0 Å². The fraction of sp³-hybridized carbons (Fsp3) is 0.440. The number of H-pyrrole nitrogens is 1. The molecule has 1 aliphatic heterocycles. The first-order valence-electron chi connectivity index (χ1n) is 11.8. The van der Waals surface area contributed by atoms with E-state index in [-0.39, 0.29) is 17.0 Å². The highest BCUT2D eigenvalue weighted by atomic mass is 32.2. The Morgan fingerprint density at radius 2 is 2.06 bits per heavy atom. The number of ether oxygens (including phenoxy) is 1. The van der Waals surface area contributed by atoms with Crippen LogP contribution in [0.2, 0.25) is 0 Å². The summed E-state index contributed by atoms with van der Waals surface area (Å²) in [6, 6.07) is 6.78. The highest BCUT2D eigenvalue weighted by molar-refractivity contribution is 7.89. The molecule has 188 valence electrons. The van der Waals surface area contributed by atoms with Gasteiger partial charge in [0.05, 0.1) is 22.0 Å². The summed E-state index contributed by atoms with van der Waals surface area (Å²) in [4.78, 5) is 26.5. The monoisotopic (exact) mass is 508 g/mol. The van der Waals surface area contributed by atoms with Gasteiger partial charge in [0.25, 0.3) is 0 Å². The van der Waals surface area contributed by atoms with Gasteiger partial charge < -0.3 is 14.6 Å². The molecule has 1 aliphatic carbocycles. The van der Waals surface area contributed by atoms with Crippen LogP contribution in [0.3, 0.4) is 0 Å². The maximum absolute atomic E-state index is 12.9. The van der Waals surface area contributed by atoms with Crippen molar-refractivity contribution in [3.05, 3.63) is 36.3 Å². The Kier molecular flexibility index (Phi) is 5.57. The van der Waals surface area contributed by atoms with Crippen LogP contribution in [0, 0.1) is 11.3 Å². The zero-order chi connectivity index (χ0) is 25.9. The lowest BCUT2D eigenvalue weighted by Gasteiger charge is -2.34. The lowest BCUT2D eigenvalue weighted by atomic mass is 9.96. The van der Waals surface area contributed by atoms with Crippen molar-refractivity contribution in [3.63, 3.8) is 0 Å². The average molecular weight is 509 g/mol. The number of aromatic nitrogens is 3. The number of carbonyl (C=O) groups excluding carboxylic acids is 1. The Bertz CT molecular complexity index is 1560. The highest BCUT2D eigenvalue weighted by Crippen LogP contribution is 2.37. The first-order chi connectivity index (χ1) is 16.9. The summed E-state index contributed by atoms with van der Waals surface area (Å²) in [7, 11) is -3.85. The molecule has 1 atom stereocenters. The number of carbonyl (C=O) groups is 1. The van der Waals surface area contributed by atoms with Crippen LogP contribution < -0.4 is 4.72 Å². The molecule has 3 heterocycles. The zero-order valence-corrected chi connectivity index (χ0v) is 21.4. The number of benzene rings is 1. The predicted octanol–water partition coefficient (Wildman–Crippen LogP) is 3.86. The fourth-order valence-corrected chi connectivity index (χ4v) is 5.87. The van der Waals surface area contributed by atoms with E-state index in [9.17, 15) is 18.5 Å². The van der Waals surface area contributed by atoms with E-state index < -0.39 is 21.2 Å². The number of rotatable bonds is 4. The predicted molar refractivity (Wildman–Crippen MR) is 134 cm³/mol. The van der Waals surface area contributed by atoms with E-state index in [1.54, 1.807) is 17.0 Å². The van der Waals surface area contributed by atoms with Gasteiger partial charge in [-0.2, -0.15) is 9.98 Å². The molecule has 36 heavy (non-hydrogen) atoms. The lowest BCUT2D eigenvalue weighted by molar-refractivity contribution is 0.0198. The number of hydrogen-bond donors (Lipinski definition) is 2. The minimum absolute atomic E-state index is 0.0797. The fourth-order valence-electron chi connectivity index (χ4n) is 4.46. The van der Waals surface area contributed by atoms with Crippen molar-refractivity contribution in [1.82, 2.24) is 24.6 Å². The van der Waals surface area contributed by atoms with Crippen molar-refractivity contribution in [3.8, 4) is 6.07 Å². The normalized spacial score (nSPS) is 19.7. The lowest BCUT2D eigenvalue weighted by Crippen LogP contribution is -2.44. The molecule has 0 saturated heterocycles. The van der Waals surface area contributed by atoms with E-state index in [1.807, 2.05) is 33.8 Å². The molecule has 0 unspecified atom stereocenters. The molecule has 1 saturated carbocycles. The average Bonchev–Trinajstić information content (AvgIpc) is 3.46. The summed E-state index contributed by atoms with van der Waals surface area (Å²) in [6.07, 6.45) is 4.71. The molecule has 2 aliphatic rings. The van der Waals surface area contributed by atoms with Crippen LogP contribution in [-0.2, 0) is 14.8 Å². The van der Waals surface area contributed by atoms with E-state index in [1.165, 1.54) is 12.4 Å². The molecule has 1 aromatic carbocycles. The summed E-state index contributed by atoms with van der Waals surface area (Å²) in [5.41, 5.74) is 1.37. The first-order valence-corrected chi connectivity index (χ1v) is 13.3. The maximum atomic E-state index is 12.9. The van der Waals surface area contributed by atoms with Crippen LogP contribution >= 0.6 is 0 Å². The third-order valence-electron chi connectivity index (χ3n) is 6.48. The quantitative estimate of drug-likeness (QED) is 0.545. The van der Waals surface area contributed by atoms with Gasteiger partial charge in [0.15, 0.2) is 0 Å². The number of nitriles is 1. The Morgan fingerprint density at radius 1 is 1.31 bits per heavy atom. The van der Waals surface area contributed by atoms with Crippen molar-refractivity contribution in [1.29, 1.82) is 5.26 Å². The van der Waals surface area contributed by atoms with Crippen molar-refractivity contribution in [2.24, 2.45) is 0 Å². The van der Waals surface area contributed by atoms with Gasteiger partial charge in [-0.1, -0.05) is 12.1 Å². The largest absolute Gasteiger partial charge is 0.444 e. The third kappa shape index (κ3) is 4.42. The van der Waals surface area contributed by atoms with Gasteiger partial charge >= 0.3 is 6.09 Å². The highest BCUT2D eigenvalue weighted by Gasteiger charge is 2.46. The minimum Gasteiger partial charge on any atom is -0.444 e. The second-order valence-electron chi connectivity index (χ2n) is 10.5. The molecule has 2 aromatic heterocycles. The summed E-state index contributed by atoms with van der Waals surface area (Å²) < 4.78 is 33.8. The van der Waals surface area contributed by atoms with Gasteiger partial charge in [0.1, 0.15) is 23.1 Å². The molecular formula is C25H28N6O4S. The van der Waals surface area contributed by atoms with Gasteiger partial charge in [0, 0.05) is 23.5 Å². The molecule has 0 radical (unpaired) electrons. The minimum atomic E-state index is -3.85. The molecule has 3 aromatic rings. The third-order valence-corrected chi connectivity index (χ3v) is 8.01. The van der Waals surface area contributed by atoms with Crippen molar-refractivity contribution in [2.75, 3.05) is 6.54 Å². The SMILES string of the molecule is C[C@H]1CC(c2ncnc3[nH]c4cc(S(=O)(=O)NC5(C#N)CC5)ccc4c23)=CCN1C(=O)OC(C)(C)C. The summed E-state index contributed by atoms with van der Waals surface area (Å²) in [6.45, 7) is 7.90. The molecule has 2 N–H and O–H groups in total. The topological polar surface area (TPSA) is 141 Å². The van der Waals surface area contributed by atoms with E-state index >= 15 is 0 Å². The molecule has 5 rings (SSSR count). The van der Waals surface area contributed by atoms with Crippen molar-refractivity contribution >= 4 is 43.6 Å². The Balaban J connectivity index is 1.49. The van der Waals surface area contributed by atoms with Gasteiger partial charge in [-0.25, -0.2) is 23.2 Å². The van der Waals surface area contributed by atoms with Crippen LogP contribution in [0.5, 0.6) is 0 Å². The molecular weight excluding hydrogens is 480 g/mol. The smallest absolute Gasteiger partial charge is 0.410 e. The molecule has 0 spiro atoms. The van der Waals surface area contributed by atoms with Crippen molar-refractivity contribution in [2.45, 2.75) is 69.0 Å². The van der Waals surface area contributed by atoms with Gasteiger partial charge in [-0.15, -0.1) is 0 Å². The molecule has 1 fully saturated rings. The van der Waals surface area contributed by atoms with Crippen molar-refractivity contribution < 1.29 is 17.9 Å². The van der Waals surface area contributed by atoms with Crippen LogP contribution in [0.25, 0.3) is 27.5 Å². The summed E-state index contributed by atoms with van der Waals surface area (Å²) >= 11 is 0.